The number of nitrogens with one attached hydrogen (secondary N) is 2. The summed E-state index contributed by atoms with van der Waals surface area (Å²) >= 11 is 1.47. The van der Waals surface area contributed by atoms with E-state index < -0.39 is 5.67 Å². The van der Waals surface area contributed by atoms with Crippen molar-refractivity contribution in [2.45, 2.75) is 70.2 Å². The molecule has 38 heavy (non-hydrogen) atoms. The Labute approximate surface area is 229 Å². The van der Waals surface area contributed by atoms with E-state index in [0.717, 1.165) is 35.8 Å². The quantitative estimate of drug-likeness (QED) is 0.365. The van der Waals surface area contributed by atoms with Crippen molar-refractivity contribution in [3.05, 3.63) is 41.5 Å². The number of aryl methyl sites for hydroxylation is 1. The van der Waals surface area contributed by atoms with Crippen molar-refractivity contribution < 1.29 is 14.3 Å². The summed E-state index contributed by atoms with van der Waals surface area (Å²) in [6, 6.07) is 9.72. The molecule has 206 valence electrons. The standard InChI is InChI=1S/C29H40FN5O2S/c1-20-16-25(31-26(17-20)35-12-8-28(3,30)9-13-35)32-27(37)23-5-4-22(33-38-21(2)19-36)18-24(23)34-14-10-29(6-7-29)11-15-34/h4-5,16-18,21,33,36H,6-15,19H2,1-3H3,(H,31,32,37). The maximum atomic E-state index is 14.3. The molecule has 7 nitrogen and oxygen atoms in total. The van der Waals surface area contributed by atoms with Gasteiger partial charge < -0.3 is 24.9 Å². The second-order valence-electron chi connectivity index (χ2n) is 11.7. The van der Waals surface area contributed by atoms with Gasteiger partial charge in [-0.05, 0) is 113 Å². The van der Waals surface area contributed by atoms with Gasteiger partial charge in [0.25, 0.3) is 5.91 Å². The second-order valence-corrected chi connectivity index (χ2v) is 12.9. The molecule has 2 aliphatic heterocycles. The molecule has 1 aromatic carbocycles. The fourth-order valence-electron chi connectivity index (χ4n) is 5.41. The van der Waals surface area contributed by atoms with Gasteiger partial charge in [-0.15, -0.1) is 0 Å². The van der Waals surface area contributed by atoms with Gasteiger partial charge in [0.2, 0.25) is 0 Å². The van der Waals surface area contributed by atoms with Crippen LogP contribution in [0.2, 0.25) is 0 Å². The third-order valence-electron chi connectivity index (χ3n) is 8.33. The number of hydrogen-bond donors (Lipinski definition) is 3. The van der Waals surface area contributed by atoms with Crippen LogP contribution in [-0.4, -0.2) is 59.7 Å². The summed E-state index contributed by atoms with van der Waals surface area (Å²) in [7, 11) is 0. The number of carbonyl (C=O) groups is 1. The molecule has 2 saturated heterocycles. The van der Waals surface area contributed by atoms with Crippen molar-refractivity contribution in [1.29, 1.82) is 0 Å². The minimum Gasteiger partial charge on any atom is -0.395 e. The van der Waals surface area contributed by atoms with Crippen molar-refractivity contribution >= 4 is 40.9 Å². The van der Waals surface area contributed by atoms with Crippen LogP contribution in [0.25, 0.3) is 0 Å². The number of piperidine rings is 2. The van der Waals surface area contributed by atoms with E-state index in [9.17, 15) is 14.3 Å². The lowest BCUT2D eigenvalue weighted by Gasteiger charge is -2.35. The Bertz CT molecular complexity index is 1150. The molecule has 1 aliphatic carbocycles. The third-order valence-corrected chi connectivity index (χ3v) is 9.23. The van der Waals surface area contributed by atoms with Crippen molar-refractivity contribution in [3.63, 3.8) is 0 Å². The Kier molecular flexibility index (Phi) is 7.78. The van der Waals surface area contributed by atoms with E-state index in [1.165, 1.54) is 37.6 Å². The summed E-state index contributed by atoms with van der Waals surface area (Å²) < 4.78 is 17.7. The molecular weight excluding hydrogens is 501 g/mol. The number of aliphatic hydroxyl groups is 1. The first kappa shape index (κ1) is 27.1. The van der Waals surface area contributed by atoms with Gasteiger partial charge in [0, 0.05) is 37.1 Å². The molecule has 0 bridgehead atoms. The number of nitrogens with zero attached hydrogens (tertiary/aromatic N) is 3. The van der Waals surface area contributed by atoms with Crippen LogP contribution in [0.4, 0.5) is 27.4 Å². The lowest BCUT2D eigenvalue weighted by molar-refractivity contribution is 0.102. The molecule has 3 aliphatic rings. The van der Waals surface area contributed by atoms with Gasteiger partial charge in [0.1, 0.15) is 17.3 Å². The van der Waals surface area contributed by atoms with Crippen molar-refractivity contribution in [3.8, 4) is 0 Å². The summed E-state index contributed by atoms with van der Waals surface area (Å²) in [5.74, 6) is 1.10. The summed E-state index contributed by atoms with van der Waals surface area (Å²) in [6.07, 6.45) is 5.93. The Morgan fingerprint density at radius 2 is 1.76 bits per heavy atom. The number of benzene rings is 1. The molecule has 5 rings (SSSR count). The number of hydrogen-bond acceptors (Lipinski definition) is 7. The zero-order chi connectivity index (χ0) is 26.9. The van der Waals surface area contributed by atoms with E-state index in [4.69, 9.17) is 4.98 Å². The Balaban J connectivity index is 1.35. The highest BCUT2D eigenvalue weighted by molar-refractivity contribution is 8.01. The van der Waals surface area contributed by atoms with E-state index in [1.54, 1.807) is 6.92 Å². The Hall–Kier alpha value is -2.52. The van der Waals surface area contributed by atoms with Crippen LogP contribution in [0.5, 0.6) is 0 Å². The number of amides is 1. The SMILES string of the molecule is Cc1cc(NC(=O)c2ccc(NSC(C)CO)cc2N2CCC3(CC2)CC3)nc(N2CCC(C)(F)CC2)c1. The molecule has 1 spiro atoms. The molecule has 2 aromatic rings. The number of anilines is 4. The fourth-order valence-corrected chi connectivity index (χ4v) is 5.95. The summed E-state index contributed by atoms with van der Waals surface area (Å²) in [5.41, 5.74) is 2.87. The lowest BCUT2D eigenvalue weighted by atomic mass is 9.93. The van der Waals surface area contributed by atoms with Crippen LogP contribution in [-0.2, 0) is 0 Å². The predicted molar refractivity (Wildman–Crippen MR) is 155 cm³/mol. The van der Waals surface area contributed by atoms with Crippen LogP contribution in [0.3, 0.4) is 0 Å². The summed E-state index contributed by atoms with van der Waals surface area (Å²) in [5, 5.41) is 12.5. The highest BCUT2D eigenvalue weighted by Gasteiger charge is 2.44. The minimum absolute atomic E-state index is 0.0614. The topological polar surface area (TPSA) is 80.7 Å². The number of halogens is 1. The molecule has 1 unspecified atom stereocenters. The molecule has 0 radical (unpaired) electrons. The molecular formula is C29H40FN5O2S. The molecule has 3 heterocycles. The van der Waals surface area contributed by atoms with Crippen LogP contribution >= 0.6 is 11.9 Å². The predicted octanol–water partition coefficient (Wildman–Crippen LogP) is 5.79. The number of pyridine rings is 1. The molecule has 1 aromatic heterocycles. The Morgan fingerprint density at radius 3 is 2.42 bits per heavy atom. The zero-order valence-electron chi connectivity index (χ0n) is 22.7. The highest BCUT2D eigenvalue weighted by Crippen LogP contribution is 2.54. The Morgan fingerprint density at radius 1 is 1.08 bits per heavy atom. The molecule has 3 fully saturated rings. The largest absolute Gasteiger partial charge is 0.395 e. The van der Waals surface area contributed by atoms with Gasteiger partial charge in [-0.1, -0.05) is 0 Å². The van der Waals surface area contributed by atoms with Gasteiger partial charge in [-0.2, -0.15) is 0 Å². The van der Waals surface area contributed by atoms with Gasteiger partial charge in [0.05, 0.1) is 17.9 Å². The highest BCUT2D eigenvalue weighted by atomic mass is 32.2. The van der Waals surface area contributed by atoms with Crippen molar-refractivity contribution in [1.82, 2.24) is 4.98 Å². The smallest absolute Gasteiger partial charge is 0.258 e. The van der Waals surface area contributed by atoms with Crippen molar-refractivity contribution in [2.24, 2.45) is 5.41 Å². The summed E-state index contributed by atoms with van der Waals surface area (Å²) in [4.78, 5) is 22.8. The van der Waals surface area contributed by atoms with Crippen LogP contribution < -0.4 is 19.8 Å². The molecule has 3 N–H and O–H groups in total. The first-order chi connectivity index (χ1) is 18.2. The second kappa shape index (κ2) is 10.9. The van der Waals surface area contributed by atoms with E-state index in [0.29, 0.717) is 42.7 Å². The van der Waals surface area contributed by atoms with E-state index in [1.807, 2.05) is 44.2 Å². The number of rotatable bonds is 8. The molecule has 9 heteroatoms. The van der Waals surface area contributed by atoms with Crippen molar-refractivity contribution in [2.75, 3.05) is 52.6 Å². The summed E-state index contributed by atoms with van der Waals surface area (Å²) in [6.45, 7) is 8.81. The maximum absolute atomic E-state index is 14.3. The van der Waals surface area contributed by atoms with E-state index in [2.05, 4.69) is 19.8 Å². The number of alkyl halides is 1. The third kappa shape index (κ3) is 6.37. The molecule has 1 atom stereocenters. The van der Waals surface area contributed by atoms with Crippen LogP contribution in [0.1, 0.15) is 68.3 Å². The van der Waals surface area contributed by atoms with Gasteiger partial charge in [-0.3, -0.25) is 4.79 Å². The van der Waals surface area contributed by atoms with E-state index >= 15 is 0 Å². The number of aliphatic hydroxyl groups excluding tert-OH is 1. The lowest BCUT2D eigenvalue weighted by Crippen LogP contribution is -2.40. The molecule has 1 saturated carbocycles. The monoisotopic (exact) mass is 541 g/mol. The van der Waals surface area contributed by atoms with Gasteiger partial charge >= 0.3 is 0 Å². The fraction of sp³-hybridized carbons (Fsp3) is 0.586. The maximum Gasteiger partial charge on any atom is 0.258 e. The zero-order valence-corrected chi connectivity index (χ0v) is 23.5. The average Bonchev–Trinajstić information content (AvgIpc) is 3.65. The number of aromatic nitrogens is 1. The number of carbonyl (C=O) groups excluding carboxylic acids is 1. The van der Waals surface area contributed by atoms with Crippen LogP contribution in [0, 0.1) is 12.3 Å². The van der Waals surface area contributed by atoms with Crippen LogP contribution in [0.15, 0.2) is 30.3 Å². The average molecular weight is 542 g/mol. The van der Waals surface area contributed by atoms with Gasteiger partial charge in [0.15, 0.2) is 0 Å². The first-order valence-corrected chi connectivity index (χ1v) is 14.7. The molecule has 1 amide bonds. The minimum atomic E-state index is -1.13. The normalized spacial score (nSPS) is 20.8. The van der Waals surface area contributed by atoms with E-state index in [-0.39, 0.29) is 17.8 Å². The first-order valence-electron chi connectivity index (χ1n) is 13.8. The van der Waals surface area contributed by atoms with Gasteiger partial charge in [-0.25, -0.2) is 9.37 Å².